The zero-order valence-corrected chi connectivity index (χ0v) is 14.7. The van der Waals surface area contributed by atoms with Crippen molar-refractivity contribution in [3.8, 4) is 12.1 Å². The SMILES string of the molecule is CC1(C)O[C@@H](C[C@@]2(C#N)C[C@H](CCl)OC(C)(C)O2)C[C@@H](C#N)O1. The Kier molecular flexibility index (Phi) is 5.25. The van der Waals surface area contributed by atoms with Crippen LogP contribution in [0.15, 0.2) is 0 Å². The molecule has 4 atom stereocenters. The van der Waals surface area contributed by atoms with Crippen LogP contribution in [-0.4, -0.2) is 41.4 Å². The quantitative estimate of drug-likeness (QED) is 0.733. The van der Waals surface area contributed by atoms with Crippen molar-refractivity contribution in [2.24, 2.45) is 0 Å². The minimum Gasteiger partial charge on any atom is -0.347 e. The molecular formula is C16H23ClN2O4. The second-order valence-electron chi connectivity index (χ2n) is 7.02. The van der Waals surface area contributed by atoms with Gasteiger partial charge in [0.05, 0.1) is 24.3 Å². The van der Waals surface area contributed by atoms with Crippen LogP contribution in [0.2, 0.25) is 0 Å². The van der Waals surface area contributed by atoms with Crippen LogP contribution in [0.5, 0.6) is 0 Å². The maximum absolute atomic E-state index is 9.75. The van der Waals surface area contributed by atoms with Gasteiger partial charge in [-0.15, -0.1) is 11.6 Å². The van der Waals surface area contributed by atoms with Gasteiger partial charge in [-0.1, -0.05) is 0 Å². The molecule has 0 aromatic heterocycles. The van der Waals surface area contributed by atoms with Crippen molar-refractivity contribution in [2.45, 2.75) is 82.4 Å². The fraction of sp³-hybridized carbons (Fsp3) is 0.875. The summed E-state index contributed by atoms with van der Waals surface area (Å²) < 4.78 is 23.1. The Morgan fingerprint density at radius 3 is 2.26 bits per heavy atom. The third-order valence-corrected chi connectivity index (χ3v) is 4.22. The van der Waals surface area contributed by atoms with Crippen molar-refractivity contribution in [3.05, 3.63) is 0 Å². The van der Waals surface area contributed by atoms with E-state index in [0.29, 0.717) is 19.3 Å². The number of nitrogens with zero attached hydrogens (tertiary/aromatic N) is 2. The summed E-state index contributed by atoms with van der Waals surface area (Å²) in [7, 11) is 0. The highest BCUT2D eigenvalue weighted by atomic mass is 35.5. The standard InChI is InChI=1S/C16H23ClN2O4/c1-14(2)20-11(5-12(9-18)21-14)6-16(10-19)7-13(8-17)22-15(3,4)23-16/h11-13H,5-8H2,1-4H3/t11-,12+,13-,16+/m1/s1. The van der Waals surface area contributed by atoms with Gasteiger partial charge in [-0.2, -0.15) is 10.5 Å². The van der Waals surface area contributed by atoms with Gasteiger partial charge in [0.1, 0.15) is 6.10 Å². The van der Waals surface area contributed by atoms with Crippen LogP contribution >= 0.6 is 11.6 Å². The van der Waals surface area contributed by atoms with E-state index in [9.17, 15) is 5.26 Å². The molecule has 0 aromatic carbocycles. The number of halogens is 1. The van der Waals surface area contributed by atoms with E-state index in [-0.39, 0.29) is 18.1 Å². The summed E-state index contributed by atoms with van der Waals surface area (Å²) in [6, 6.07) is 4.40. The zero-order valence-electron chi connectivity index (χ0n) is 14.0. The lowest BCUT2D eigenvalue weighted by molar-refractivity contribution is -0.334. The molecule has 2 heterocycles. The summed E-state index contributed by atoms with van der Waals surface area (Å²) in [6.45, 7) is 7.06. The Hall–Kier alpha value is -0.890. The summed E-state index contributed by atoms with van der Waals surface area (Å²) in [5, 5.41) is 18.9. The normalized spacial score (nSPS) is 39.2. The maximum atomic E-state index is 9.75. The van der Waals surface area contributed by atoms with Crippen LogP contribution in [0, 0.1) is 22.7 Å². The topological polar surface area (TPSA) is 84.5 Å². The molecule has 6 nitrogen and oxygen atoms in total. The first-order chi connectivity index (χ1) is 10.6. The molecule has 0 aromatic rings. The van der Waals surface area contributed by atoms with E-state index < -0.39 is 23.3 Å². The maximum Gasteiger partial charge on any atom is 0.165 e. The number of alkyl halides is 1. The molecule has 128 valence electrons. The molecule has 2 saturated heterocycles. The Balaban J connectivity index is 2.18. The summed E-state index contributed by atoms with van der Waals surface area (Å²) in [5.41, 5.74) is -1.06. The largest absolute Gasteiger partial charge is 0.347 e. The van der Waals surface area contributed by atoms with Crippen molar-refractivity contribution in [1.29, 1.82) is 10.5 Å². The van der Waals surface area contributed by atoms with E-state index in [1.807, 2.05) is 0 Å². The molecule has 2 rings (SSSR count). The summed E-state index contributed by atoms with van der Waals surface area (Å²) in [6.07, 6.45) is -0.0213. The predicted molar refractivity (Wildman–Crippen MR) is 82.4 cm³/mol. The third kappa shape index (κ3) is 4.56. The first kappa shape index (κ1) is 18.4. The molecule has 2 fully saturated rings. The van der Waals surface area contributed by atoms with Crippen molar-refractivity contribution >= 4 is 11.6 Å². The number of hydrogen-bond donors (Lipinski definition) is 0. The van der Waals surface area contributed by atoms with Gasteiger partial charge in [0, 0.05) is 25.1 Å². The van der Waals surface area contributed by atoms with E-state index in [4.69, 9.17) is 35.8 Å². The van der Waals surface area contributed by atoms with Gasteiger partial charge in [-0.05, 0) is 27.7 Å². The molecule has 2 aliphatic heterocycles. The van der Waals surface area contributed by atoms with Gasteiger partial charge in [0.2, 0.25) is 0 Å². The Bertz CT molecular complexity index is 525. The second-order valence-corrected chi connectivity index (χ2v) is 7.33. The summed E-state index contributed by atoms with van der Waals surface area (Å²) in [4.78, 5) is 0. The molecule has 0 unspecified atom stereocenters. The highest BCUT2D eigenvalue weighted by Gasteiger charge is 2.49. The summed E-state index contributed by atoms with van der Waals surface area (Å²) in [5.74, 6) is -1.48. The molecular weight excluding hydrogens is 320 g/mol. The first-order valence-corrected chi connectivity index (χ1v) is 8.26. The highest BCUT2D eigenvalue weighted by Crippen LogP contribution is 2.40. The van der Waals surface area contributed by atoms with Crippen LogP contribution in [0.1, 0.15) is 47.0 Å². The fourth-order valence-electron chi connectivity index (χ4n) is 3.35. The third-order valence-electron chi connectivity index (χ3n) is 3.88. The molecule has 0 amide bonds. The van der Waals surface area contributed by atoms with Crippen molar-refractivity contribution < 1.29 is 18.9 Å². The number of hydrogen-bond acceptors (Lipinski definition) is 6. The van der Waals surface area contributed by atoms with Crippen LogP contribution < -0.4 is 0 Å². The molecule has 7 heteroatoms. The minimum atomic E-state index is -1.06. The molecule has 2 aliphatic rings. The van der Waals surface area contributed by atoms with Gasteiger partial charge in [-0.25, -0.2) is 0 Å². The average molecular weight is 343 g/mol. The average Bonchev–Trinajstić information content (AvgIpc) is 2.43. The smallest absolute Gasteiger partial charge is 0.165 e. The van der Waals surface area contributed by atoms with Gasteiger partial charge < -0.3 is 18.9 Å². The van der Waals surface area contributed by atoms with E-state index in [1.54, 1.807) is 27.7 Å². The van der Waals surface area contributed by atoms with Crippen LogP contribution in [0.3, 0.4) is 0 Å². The van der Waals surface area contributed by atoms with Crippen LogP contribution in [0.25, 0.3) is 0 Å². The van der Waals surface area contributed by atoms with Crippen molar-refractivity contribution in [3.63, 3.8) is 0 Å². The molecule has 0 N–H and O–H groups in total. The lowest BCUT2D eigenvalue weighted by Crippen LogP contribution is -2.55. The lowest BCUT2D eigenvalue weighted by Gasteiger charge is -2.47. The van der Waals surface area contributed by atoms with Gasteiger partial charge >= 0.3 is 0 Å². The monoisotopic (exact) mass is 342 g/mol. The Morgan fingerprint density at radius 2 is 1.70 bits per heavy atom. The Morgan fingerprint density at radius 1 is 1.04 bits per heavy atom. The second kappa shape index (κ2) is 6.55. The first-order valence-electron chi connectivity index (χ1n) is 7.73. The molecule has 0 aliphatic carbocycles. The molecule has 0 radical (unpaired) electrons. The molecule has 23 heavy (non-hydrogen) atoms. The minimum absolute atomic E-state index is 0.264. The predicted octanol–water partition coefficient (Wildman–Crippen LogP) is 2.85. The molecule has 0 spiro atoms. The molecule has 0 bridgehead atoms. The summed E-state index contributed by atoms with van der Waals surface area (Å²) >= 11 is 5.94. The van der Waals surface area contributed by atoms with E-state index >= 15 is 0 Å². The van der Waals surface area contributed by atoms with Crippen molar-refractivity contribution in [1.82, 2.24) is 0 Å². The number of rotatable bonds is 3. The Labute approximate surface area is 142 Å². The highest BCUT2D eigenvalue weighted by molar-refractivity contribution is 6.18. The van der Waals surface area contributed by atoms with Crippen LogP contribution in [0.4, 0.5) is 0 Å². The number of ether oxygens (including phenoxy) is 4. The van der Waals surface area contributed by atoms with Gasteiger partial charge in [-0.3, -0.25) is 0 Å². The fourth-order valence-corrected chi connectivity index (χ4v) is 3.52. The number of nitriles is 2. The van der Waals surface area contributed by atoms with Gasteiger partial charge in [0.15, 0.2) is 17.2 Å². The lowest BCUT2D eigenvalue weighted by atomic mass is 9.87. The van der Waals surface area contributed by atoms with E-state index in [1.165, 1.54) is 0 Å². The van der Waals surface area contributed by atoms with Crippen LogP contribution in [-0.2, 0) is 18.9 Å². The van der Waals surface area contributed by atoms with Crippen molar-refractivity contribution in [2.75, 3.05) is 5.88 Å². The van der Waals surface area contributed by atoms with E-state index in [0.717, 1.165) is 0 Å². The molecule has 0 saturated carbocycles. The van der Waals surface area contributed by atoms with E-state index in [2.05, 4.69) is 12.1 Å². The zero-order chi connectivity index (χ0) is 17.3. The van der Waals surface area contributed by atoms with Gasteiger partial charge in [0.25, 0.3) is 0 Å².